The van der Waals surface area contributed by atoms with E-state index in [4.69, 9.17) is 0 Å². The molecule has 26 heavy (non-hydrogen) atoms. The van der Waals surface area contributed by atoms with Crippen molar-refractivity contribution < 1.29 is 9.59 Å². The van der Waals surface area contributed by atoms with Crippen LogP contribution in [0.4, 0.5) is 5.69 Å². The van der Waals surface area contributed by atoms with Gasteiger partial charge in [-0.2, -0.15) is 0 Å². The molecule has 4 heteroatoms. The third-order valence-electron chi connectivity index (χ3n) is 5.59. The predicted octanol–water partition coefficient (Wildman–Crippen LogP) is 3.59. The van der Waals surface area contributed by atoms with Gasteiger partial charge >= 0.3 is 0 Å². The van der Waals surface area contributed by atoms with Crippen LogP contribution in [0.5, 0.6) is 0 Å². The highest BCUT2D eigenvalue weighted by molar-refractivity contribution is 6.01. The molecule has 2 aromatic rings. The Morgan fingerprint density at radius 1 is 1.00 bits per heavy atom. The number of carbonyl (C=O) groups excluding carboxylic acids is 2. The average molecular weight is 348 g/mol. The van der Waals surface area contributed by atoms with Gasteiger partial charge in [0.05, 0.1) is 5.92 Å². The zero-order chi connectivity index (χ0) is 17.9. The normalized spacial score (nSPS) is 20.4. The van der Waals surface area contributed by atoms with Crippen molar-refractivity contribution >= 4 is 17.5 Å². The largest absolute Gasteiger partial charge is 0.342 e. The van der Waals surface area contributed by atoms with E-state index in [1.54, 1.807) is 0 Å². The minimum absolute atomic E-state index is 0.0685. The number of amides is 2. The molecule has 0 bridgehead atoms. The lowest BCUT2D eigenvalue weighted by Crippen LogP contribution is -2.43. The fraction of sp³-hybridized carbons (Fsp3) is 0.364. The van der Waals surface area contributed by atoms with Gasteiger partial charge in [-0.05, 0) is 42.4 Å². The number of carbonyl (C=O) groups is 2. The summed E-state index contributed by atoms with van der Waals surface area (Å²) in [5, 5.41) is 2.87. The summed E-state index contributed by atoms with van der Waals surface area (Å²) in [6, 6.07) is 18.2. The standard InChI is InChI=1S/C22H24N2O2/c25-21-15-19(18-8-4-5-9-20(18)23-21)22(26)24-12-10-17(11-13-24)14-16-6-2-1-3-7-16/h1-9,17,19H,10-15H2,(H,23,25). The topological polar surface area (TPSA) is 49.4 Å². The minimum Gasteiger partial charge on any atom is -0.342 e. The van der Waals surface area contributed by atoms with Crippen LogP contribution < -0.4 is 5.32 Å². The molecule has 2 aliphatic heterocycles. The highest BCUT2D eigenvalue weighted by Crippen LogP contribution is 2.34. The summed E-state index contributed by atoms with van der Waals surface area (Å²) in [5.41, 5.74) is 3.10. The summed E-state index contributed by atoms with van der Waals surface area (Å²) in [6.07, 6.45) is 3.39. The highest BCUT2D eigenvalue weighted by Gasteiger charge is 2.34. The number of hydrogen-bond acceptors (Lipinski definition) is 2. The van der Waals surface area contributed by atoms with Gasteiger partial charge in [0.1, 0.15) is 0 Å². The number of likely N-dealkylation sites (tertiary alicyclic amines) is 1. The zero-order valence-electron chi connectivity index (χ0n) is 14.9. The monoisotopic (exact) mass is 348 g/mol. The molecule has 0 aliphatic carbocycles. The Labute approximate surface area is 154 Å². The molecule has 0 aromatic heterocycles. The van der Waals surface area contributed by atoms with Crippen molar-refractivity contribution in [3.63, 3.8) is 0 Å². The van der Waals surface area contributed by atoms with Crippen LogP contribution in [0.15, 0.2) is 54.6 Å². The van der Waals surface area contributed by atoms with E-state index in [1.165, 1.54) is 5.56 Å². The summed E-state index contributed by atoms with van der Waals surface area (Å²) in [4.78, 5) is 27.0. The van der Waals surface area contributed by atoms with Crippen molar-refractivity contribution in [1.82, 2.24) is 4.90 Å². The summed E-state index contributed by atoms with van der Waals surface area (Å²) in [7, 11) is 0. The second kappa shape index (κ2) is 7.32. The van der Waals surface area contributed by atoms with Gasteiger partial charge in [0.2, 0.25) is 11.8 Å². The first-order chi connectivity index (χ1) is 12.7. The molecule has 1 saturated heterocycles. The molecule has 2 heterocycles. The molecule has 2 aliphatic rings. The van der Waals surface area contributed by atoms with Crippen LogP contribution in [-0.4, -0.2) is 29.8 Å². The molecular weight excluding hydrogens is 324 g/mol. The van der Waals surface area contributed by atoms with E-state index >= 15 is 0 Å². The van der Waals surface area contributed by atoms with Gasteiger partial charge in [-0.15, -0.1) is 0 Å². The van der Waals surface area contributed by atoms with Crippen LogP contribution in [0.25, 0.3) is 0 Å². The maximum Gasteiger partial charge on any atom is 0.230 e. The Balaban J connectivity index is 1.40. The summed E-state index contributed by atoms with van der Waals surface area (Å²) in [5.74, 6) is 0.320. The number of para-hydroxylation sites is 1. The molecule has 1 N–H and O–H groups in total. The van der Waals surface area contributed by atoms with Crippen LogP contribution in [0.1, 0.15) is 36.3 Å². The molecule has 4 nitrogen and oxygen atoms in total. The van der Waals surface area contributed by atoms with Gasteiger partial charge in [-0.1, -0.05) is 48.5 Å². The first kappa shape index (κ1) is 16.8. The van der Waals surface area contributed by atoms with Crippen molar-refractivity contribution in [2.75, 3.05) is 18.4 Å². The molecule has 1 atom stereocenters. The van der Waals surface area contributed by atoms with Gasteiger partial charge in [0.25, 0.3) is 0 Å². The number of hydrogen-bond donors (Lipinski definition) is 1. The molecule has 1 fully saturated rings. The summed E-state index contributed by atoms with van der Waals surface area (Å²) < 4.78 is 0. The van der Waals surface area contributed by atoms with E-state index in [1.807, 2.05) is 35.2 Å². The molecule has 2 amide bonds. The van der Waals surface area contributed by atoms with Crippen molar-refractivity contribution in [3.8, 4) is 0 Å². The van der Waals surface area contributed by atoms with Crippen molar-refractivity contribution in [3.05, 3.63) is 65.7 Å². The van der Waals surface area contributed by atoms with Crippen LogP contribution in [-0.2, 0) is 16.0 Å². The van der Waals surface area contributed by atoms with Gasteiger partial charge in [-0.3, -0.25) is 9.59 Å². The van der Waals surface area contributed by atoms with Gasteiger partial charge in [0, 0.05) is 25.2 Å². The lowest BCUT2D eigenvalue weighted by atomic mass is 9.86. The molecule has 1 unspecified atom stereocenters. The molecule has 2 aromatic carbocycles. The molecule has 0 radical (unpaired) electrons. The SMILES string of the molecule is O=C1CC(C(=O)N2CCC(Cc3ccccc3)CC2)c2ccccc2N1. The van der Waals surface area contributed by atoms with Gasteiger partial charge < -0.3 is 10.2 Å². The smallest absolute Gasteiger partial charge is 0.230 e. The Hall–Kier alpha value is -2.62. The molecule has 0 saturated carbocycles. The fourth-order valence-electron chi connectivity index (χ4n) is 4.16. The van der Waals surface area contributed by atoms with E-state index in [0.29, 0.717) is 5.92 Å². The number of piperidine rings is 1. The number of benzene rings is 2. The maximum atomic E-state index is 13.1. The van der Waals surface area contributed by atoms with Crippen LogP contribution in [0, 0.1) is 5.92 Å². The zero-order valence-corrected chi connectivity index (χ0v) is 14.9. The van der Waals surface area contributed by atoms with E-state index in [9.17, 15) is 9.59 Å². The first-order valence-electron chi connectivity index (χ1n) is 9.42. The predicted molar refractivity (Wildman–Crippen MR) is 102 cm³/mol. The molecule has 134 valence electrons. The van der Waals surface area contributed by atoms with Crippen molar-refractivity contribution in [1.29, 1.82) is 0 Å². The Morgan fingerprint density at radius 2 is 1.69 bits per heavy atom. The van der Waals surface area contributed by atoms with E-state index < -0.39 is 0 Å². The Kier molecular flexibility index (Phi) is 4.74. The summed E-state index contributed by atoms with van der Waals surface area (Å²) in [6.45, 7) is 1.58. The van der Waals surface area contributed by atoms with Crippen LogP contribution in [0.2, 0.25) is 0 Å². The Bertz CT molecular complexity index is 795. The number of anilines is 1. The first-order valence-corrected chi connectivity index (χ1v) is 9.42. The lowest BCUT2D eigenvalue weighted by Gasteiger charge is -2.35. The number of fused-ring (bicyclic) bond motifs is 1. The van der Waals surface area contributed by atoms with Crippen LogP contribution in [0.3, 0.4) is 0 Å². The molecule has 0 spiro atoms. The lowest BCUT2D eigenvalue weighted by molar-refractivity contribution is -0.136. The van der Waals surface area contributed by atoms with Crippen molar-refractivity contribution in [2.24, 2.45) is 5.92 Å². The van der Waals surface area contributed by atoms with Gasteiger partial charge in [0.15, 0.2) is 0 Å². The third kappa shape index (κ3) is 3.50. The molecular formula is C22H24N2O2. The Morgan fingerprint density at radius 3 is 2.46 bits per heavy atom. The fourth-order valence-corrected chi connectivity index (χ4v) is 4.16. The van der Waals surface area contributed by atoms with E-state index in [2.05, 4.69) is 29.6 Å². The number of nitrogens with zero attached hydrogens (tertiary/aromatic N) is 1. The average Bonchev–Trinajstić information content (AvgIpc) is 2.68. The highest BCUT2D eigenvalue weighted by atomic mass is 16.2. The second-order valence-electron chi connectivity index (χ2n) is 7.35. The number of nitrogens with one attached hydrogen (secondary N) is 1. The quantitative estimate of drug-likeness (QED) is 0.921. The van der Waals surface area contributed by atoms with Crippen molar-refractivity contribution in [2.45, 2.75) is 31.6 Å². The molecule has 4 rings (SSSR count). The second-order valence-corrected chi connectivity index (χ2v) is 7.35. The van der Waals surface area contributed by atoms with E-state index in [-0.39, 0.29) is 24.2 Å². The van der Waals surface area contributed by atoms with E-state index in [0.717, 1.165) is 43.6 Å². The third-order valence-corrected chi connectivity index (χ3v) is 5.59. The van der Waals surface area contributed by atoms with Gasteiger partial charge in [-0.25, -0.2) is 0 Å². The minimum atomic E-state index is -0.342. The maximum absolute atomic E-state index is 13.1. The number of rotatable bonds is 3. The van der Waals surface area contributed by atoms with Crippen LogP contribution >= 0.6 is 0 Å². The summed E-state index contributed by atoms with van der Waals surface area (Å²) >= 11 is 0.